The number of amides is 1. The summed E-state index contributed by atoms with van der Waals surface area (Å²) < 4.78 is 5.39. The van der Waals surface area contributed by atoms with Gasteiger partial charge in [0.05, 0.1) is 11.8 Å². The molecule has 0 radical (unpaired) electrons. The van der Waals surface area contributed by atoms with Crippen LogP contribution in [-0.2, 0) is 4.79 Å². The van der Waals surface area contributed by atoms with Crippen molar-refractivity contribution in [3.63, 3.8) is 0 Å². The fourth-order valence-electron chi connectivity index (χ4n) is 2.02. The highest BCUT2D eigenvalue weighted by Gasteiger charge is 2.22. The lowest BCUT2D eigenvalue weighted by Gasteiger charge is -2.28. The number of hydrogen-bond acceptors (Lipinski definition) is 4. The van der Waals surface area contributed by atoms with E-state index < -0.39 is 0 Å². The first-order chi connectivity index (χ1) is 9.13. The fraction of sp³-hybridized carbons (Fsp3) is 0.429. The number of carbonyl (C=O) groups is 1. The maximum absolute atomic E-state index is 11.6. The molecule has 0 atom stereocenters. The van der Waals surface area contributed by atoms with Gasteiger partial charge in [0.15, 0.2) is 6.61 Å². The molecule has 5 heteroatoms. The van der Waals surface area contributed by atoms with Gasteiger partial charge >= 0.3 is 0 Å². The summed E-state index contributed by atoms with van der Waals surface area (Å²) in [7, 11) is 3.73. The molecule has 1 aliphatic heterocycles. The lowest BCUT2D eigenvalue weighted by Crippen LogP contribution is -2.35. The maximum atomic E-state index is 11.6. The van der Waals surface area contributed by atoms with Gasteiger partial charge in [-0.25, -0.2) is 0 Å². The monoisotopic (exact) mass is 259 g/mol. The molecule has 2 rings (SSSR count). The van der Waals surface area contributed by atoms with Gasteiger partial charge in [-0.15, -0.1) is 0 Å². The Morgan fingerprint density at radius 3 is 3.05 bits per heavy atom. The van der Waals surface area contributed by atoms with Crippen LogP contribution in [0.15, 0.2) is 18.2 Å². The zero-order chi connectivity index (χ0) is 13.8. The molecule has 1 aliphatic rings. The second-order valence-corrected chi connectivity index (χ2v) is 4.58. The number of nitriles is 1. The van der Waals surface area contributed by atoms with Crippen molar-refractivity contribution in [2.24, 2.45) is 0 Å². The summed E-state index contributed by atoms with van der Waals surface area (Å²) in [6, 6.07) is 7.93. The summed E-state index contributed by atoms with van der Waals surface area (Å²) in [5.41, 5.74) is 1.81. The predicted molar refractivity (Wildman–Crippen MR) is 73.5 cm³/mol. The Morgan fingerprint density at radius 1 is 1.53 bits per heavy atom. The molecule has 0 saturated carbocycles. The molecule has 0 bridgehead atoms. The van der Waals surface area contributed by atoms with Gasteiger partial charge in [-0.3, -0.25) is 4.79 Å². The number of benzene rings is 1. The van der Waals surface area contributed by atoms with E-state index in [0.717, 1.165) is 30.1 Å². The van der Waals surface area contributed by atoms with E-state index in [1.807, 2.05) is 25.2 Å². The van der Waals surface area contributed by atoms with Crippen molar-refractivity contribution in [2.75, 3.05) is 37.0 Å². The Labute approximate surface area is 113 Å². The van der Waals surface area contributed by atoms with Crippen LogP contribution in [0.3, 0.4) is 0 Å². The minimum absolute atomic E-state index is 0.0446. The third-order valence-corrected chi connectivity index (χ3v) is 3.25. The molecule has 0 unspecified atom stereocenters. The van der Waals surface area contributed by atoms with Crippen LogP contribution >= 0.6 is 0 Å². The summed E-state index contributed by atoms with van der Waals surface area (Å²) in [5.74, 6) is 0.688. The van der Waals surface area contributed by atoms with Gasteiger partial charge in [0.25, 0.3) is 5.91 Å². The van der Waals surface area contributed by atoms with Crippen molar-refractivity contribution in [2.45, 2.75) is 12.8 Å². The Kier molecular flexibility index (Phi) is 3.91. The lowest BCUT2D eigenvalue weighted by atomic mass is 10.2. The van der Waals surface area contributed by atoms with Gasteiger partial charge in [0, 0.05) is 32.7 Å². The van der Waals surface area contributed by atoms with Crippen LogP contribution < -0.4 is 14.5 Å². The predicted octanol–water partition coefficient (Wildman–Crippen LogP) is 1.78. The van der Waals surface area contributed by atoms with E-state index >= 15 is 0 Å². The Bertz CT molecular complexity index is 522. The number of hydrogen-bond donors (Lipinski definition) is 0. The van der Waals surface area contributed by atoms with Crippen LogP contribution in [0.1, 0.15) is 12.8 Å². The van der Waals surface area contributed by atoms with Gasteiger partial charge in [0.1, 0.15) is 5.75 Å². The standard InChI is InChI=1S/C14H17N3O2/c1-16(8-4-3-7-15)11-5-6-13-12(9-11)17(2)14(18)10-19-13/h5-6,9H,3-4,8,10H2,1-2H3. The largest absolute Gasteiger partial charge is 0.482 e. The van der Waals surface area contributed by atoms with Crippen LogP contribution in [0, 0.1) is 11.3 Å². The van der Waals surface area contributed by atoms with Gasteiger partial charge < -0.3 is 14.5 Å². The number of anilines is 2. The molecule has 1 heterocycles. The molecule has 0 aromatic heterocycles. The normalized spacial score (nSPS) is 13.5. The zero-order valence-electron chi connectivity index (χ0n) is 11.2. The summed E-state index contributed by atoms with van der Waals surface area (Å²) in [4.78, 5) is 15.3. The fourth-order valence-corrected chi connectivity index (χ4v) is 2.02. The minimum Gasteiger partial charge on any atom is -0.482 e. The molecule has 0 N–H and O–H groups in total. The van der Waals surface area contributed by atoms with Crippen molar-refractivity contribution < 1.29 is 9.53 Å². The van der Waals surface area contributed by atoms with Gasteiger partial charge in [0.2, 0.25) is 0 Å². The highest BCUT2D eigenvalue weighted by atomic mass is 16.5. The van der Waals surface area contributed by atoms with Crippen molar-refractivity contribution in [3.8, 4) is 11.8 Å². The maximum Gasteiger partial charge on any atom is 0.264 e. The van der Waals surface area contributed by atoms with Crippen molar-refractivity contribution >= 4 is 17.3 Å². The number of likely N-dealkylation sites (N-methyl/N-ethyl adjacent to an activating group) is 1. The van der Waals surface area contributed by atoms with Gasteiger partial charge in [-0.05, 0) is 24.6 Å². The zero-order valence-corrected chi connectivity index (χ0v) is 11.2. The van der Waals surface area contributed by atoms with Gasteiger partial charge in [-0.2, -0.15) is 5.26 Å². The molecule has 0 saturated heterocycles. The van der Waals surface area contributed by atoms with E-state index in [2.05, 4.69) is 11.0 Å². The van der Waals surface area contributed by atoms with E-state index in [1.54, 1.807) is 11.9 Å². The van der Waals surface area contributed by atoms with Crippen LogP contribution in [0.4, 0.5) is 11.4 Å². The smallest absolute Gasteiger partial charge is 0.264 e. The Hall–Kier alpha value is -2.22. The average molecular weight is 259 g/mol. The number of unbranched alkanes of at least 4 members (excludes halogenated alkanes) is 1. The van der Waals surface area contributed by atoms with Crippen molar-refractivity contribution in [1.82, 2.24) is 0 Å². The molecule has 1 amide bonds. The van der Waals surface area contributed by atoms with Crippen LogP contribution in [-0.4, -0.2) is 33.2 Å². The summed E-state index contributed by atoms with van der Waals surface area (Å²) in [5, 5.41) is 8.54. The number of ether oxygens (including phenoxy) is 1. The number of fused-ring (bicyclic) bond motifs is 1. The third kappa shape index (κ3) is 2.79. The van der Waals surface area contributed by atoms with E-state index in [0.29, 0.717) is 6.42 Å². The van der Waals surface area contributed by atoms with Crippen LogP contribution in [0.5, 0.6) is 5.75 Å². The molecular weight excluding hydrogens is 242 g/mol. The lowest BCUT2D eigenvalue weighted by molar-refractivity contribution is -0.120. The minimum atomic E-state index is -0.0446. The number of rotatable bonds is 4. The molecule has 19 heavy (non-hydrogen) atoms. The average Bonchev–Trinajstić information content (AvgIpc) is 2.43. The van der Waals surface area contributed by atoms with Crippen molar-refractivity contribution in [3.05, 3.63) is 18.2 Å². The molecule has 1 aromatic rings. The molecule has 100 valence electrons. The number of carbonyl (C=O) groups excluding carboxylic acids is 1. The molecule has 0 aliphatic carbocycles. The molecule has 0 fully saturated rings. The van der Waals surface area contributed by atoms with E-state index in [-0.39, 0.29) is 12.5 Å². The third-order valence-electron chi connectivity index (χ3n) is 3.25. The number of nitrogens with zero attached hydrogens (tertiary/aromatic N) is 3. The molecule has 5 nitrogen and oxygen atoms in total. The topological polar surface area (TPSA) is 56.6 Å². The van der Waals surface area contributed by atoms with E-state index in [4.69, 9.17) is 10.00 Å². The van der Waals surface area contributed by atoms with E-state index in [1.165, 1.54) is 0 Å². The molecule has 1 aromatic carbocycles. The summed E-state index contributed by atoms with van der Waals surface area (Å²) >= 11 is 0. The SMILES string of the molecule is CN(CCCC#N)c1ccc2c(c1)N(C)C(=O)CO2. The summed E-state index contributed by atoms with van der Waals surface area (Å²) in [6.07, 6.45) is 1.38. The highest BCUT2D eigenvalue weighted by molar-refractivity contribution is 5.97. The Morgan fingerprint density at radius 2 is 2.32 bits per heavy atom. The highest BCUT2D eigenvalue weighted by Crippen LogP contribution is 2.34. The first-order valence-corrected chi connectivity index (χ1v) is 6.25. The van der Waals surface area contributed by atoms with Crippen molar-refractivity contribution in [1.29, 1.82) is 5.26 Å². The van der Waals surface area contributed by atoms with E-state index in [9.17, 15) is 4.79 Å². The summed E-state index contributed by atoms with van der Waals surface area (Å²) in [6.45, 7) is 0.908. The quantitative estimate of drug-likeness (QED) is 0.773. The first-order valence-electron chi connectivity index (χ1n) is 6.25. The second-order valence-electron chi connectivity index (χ2n) is 4.58. The Balaban J connectivity index is 2.16. The van der Waals surface area contributed by atoms with Crippen LogP contribution in [0.25, 0.3) is 0 Å². The first kappa shape index (κ1) is 13.2. The second kappa shape index (κ2) is 5.61. The van der Waals surface area contributed by atoms with Gasteiger partial charge in [-0.1, -0.05) is 0 Å². The molecule has 0 spiro atoms. The molecular formula is C14H17N3O2. The van der Waals surface area contributed by atoms with Crippen LogP contribution in [0.2, 0.25) is 0 Å².